The lowest BCUT2D eigenvalue weighted by Crippen LogP contribution is -2.14. The van der Waals surface area contributed by atoms with Crippen LogP contribution in [0.3, 0.4) is 0 Å². The summed E-state index contributed by atoms with van der Waals surface area (Å²) in [6.07, 6.45) is 0. The molecule has 0 atom stereocenters. The Morgan fingerprint density at radius 1 is 1.24 bits per heavy atom. The normalized spacial score (nSPS) is 10.6. The van der Waals surface area contributed by atoms with Crippen molar-refractivity contribution in [3.63, 3.8) is 0 Å². The maximum atomic E-state index is 12.6. The van der Waals surface area contributed by atoms with E-state index in [2.05, 4.69) is 10.3 Å². The van der Waals surface area contributed by atoms with Crippen LogP contribution in [0, 0.1) is 17.0 Å². The number of carbonyl (C=O) groups excluding carboxylic acids is 1. The minimum Gasteiger partial charge on any atom is -0.490 e. The zero-order valence-electron chi connectivity index (χ0n) is 16.1. The highest BCUT2D eigenvalue weighted by Crippen LogP contribution is 2.38. The number of aromatic nitrogens is 1. The van der Waals surface area contributed by atoms with Gasteiger partial charge in [-0.1, -0.05) is 0 Å². The summed E-state index contributed by atoms with van der Waals surface area (Å²) in [4.78, 5) is 27.8. The van der Waals surface area contributed by atoms with Crippen LogP contribution in [0.2, 0.25) is 0 Å². The molecule has 2 heterocycles. The van der Waals surface area contributed by atoms with Crippen LogP contribution >= 0.6 is 11.3 Å². The molecular formula is C19H19N3O6S. The van der Waals surface area contributed by atoms with Crippen LogP contribution in [0.5, 0.6) is 11.5 Å². The summed E-state index contributed by atoms with van der Waals surface area (Å²) in [5, 5.41) is 16.1. The fraction of sp³-hybridized carbons (Fsp3) is 0.263. The molecule has 9 nitrogen and oxygen atoms in total. The third-order valence-corrected chi connectivity index (χ3v) is 4.65. The van der Waals surface area contributed by atoms with Crippen molar-refractivity contribution in [3.8, 4) is 22.3 Å². The number of nitro groups is 1. The smallest absolute Gasteiger partial charge is 0.296 e. The molecule has 0 bridgehead atoms. The highest BCUT2D eigenvalue weighted by molar-refractivity contribution is 7.13. The molecule has 1 amide bonds. The van der Waals surface area contributed by atoms with Gasteiger partial charge < -0.3 is 19.2 Å². The van der Waals surface area contributed by atoms with Crippen LogP contribution in [-0.2, 0) is 0 Å². The molecule has 0 saturated carbocycles. The molecular weight excluding hydrogens is 398 g/mol. The number of benzene rings is 1. The van der Waals surface area contributed by atoms with Crippen molar-refractivity contribution >= 4 is 28.6 Å². The second-order valence-corrected chi connectivity index (χ2v) is 6.70. The van der Waals surface area contributed by atoms with Gasteiger partial charge in [0.2, 0.25) is 0 Å². The first kappa shape index (κ1) is 20.3. The van der Waals surface area contributed by atoms with E-state index in [9.17, 15) is 14.9 Å². The molecule has 29 heavy (non-hydrogen) atoms. The van der Waals surface area contributed by atoms with Gasteiger partial charge >= 0.3 is 0 Å². The topological polar surface area (TPSA) is 117 Å². The van der Waals surface area contributed by atoms with Gasteiger partial charge in [0.15, 0.2) is 22.3 Å². The van der Waals surface area contributed by atoms with Crippen molar-refractivity contribution in [2.75, 3.05) is 18.5 Å². The third-order valence-electron chi connectivity index (χ3n) is 3.79. The van der Waals surface area contributed by atoms with Crippen molar-refractivity contribution < 1.29 is 23.6 Å². The van der Waals surface area contributed by atoms with Gasteiger partial charge in [-0.2, -0.15) is 0 Å². The van der Waals surface area contributed by atoms with Crippen LogP contribution in [-0.4, -0.2) is 29.0 Å². The van der Waals surface area contributed by atoms with Crippen molar-refractivity contribution in [3.05, 3.63) is 51.2 Å². The molecule has 3 rings (SSSR count). The first-order chi connectivity index (χ1) is 13.9. The van der Waals surface area contributed by atoms with E-state index in [-0.39, 0.29) is 22.8 Å². The Morgan fingerprint density at radius 3 is 2.52 bits per heavy atom. The summed E-state index contributed by atoms with van der Waals surface area (Å²) in [7, 11) is 0. The highest BCUT2D eigenvalue weighted by Gasteiger charge is 2.23. The second-order valence-electron chi connectivity index (χ2n) is 5.84. The number of ether oxygens (including phenoxy) is 2. The molecule has 3 aromatic rings. The molecule has 2 aromatic heterocycles. The van der Waals surface area contributed by atoms with E-state index in [0.29, 0.717) is 29.7 Å². The zero-order chi connectivity index (χ0) is 21.0. The molecule has 0 aliphatic carbocycles. The van der Waals surface area contributed by atoms with E-state index in [4.69, 9.17) is 13.9 Å². The van der Waals surface area contributed by atoms with Crippen molar-refractivity contribution in [1.29, 1.82) is 0 Å². The fourth-order valence-corrected chi connectivity index (χ4v) is 3.32. The lowest BCUT2D eigenvalue weighted by Gasteiger charge is -2.13. The van der Waals surface area contributed by atoms with Crippen molar-refractivity contribution in [1.82, 2.24) is 4.98 Å². The van der Waals surface area contributed by atoms with Gasteiger partial charge in [0, 0.05) is 11.4 Å². The first-order valence-corrected chi connectivity index (χ1v) is 9.72. The van der Waals surface area contributed by atoms with E-state index in [1.165, 1.54) is 23.5 Å². The summed E-state index contributed by atoms with van der Waals surface area (Å²) in [5.74, 6) is 1.25. The quantitative estimate of drug-likeness (QED) is 0.418. The van der Waals surface area contributed by atoms with Crippen LogP contribution in [0.15, 0.2) is 34.1 Å². The van der Waals surface area contributed by atoms with Crippen molar-refractivity contribution in [2.24, 2.45) is 0 Å². The molecule has 10 heteroatoms. The highest BCUT2D eigenvalue weighted by atomic mass is 32.1. The molecule has 0 saturated heterocycles. The number of carbonyl (C=O) groups is 1. The Kier molecular flexibility index (Phi) is 6.13. The molecule has 0 unspecified atom stereocenters. The number of amides is 1. The van der Waals surface area contributed by atoms with Crippen LogP contribution in [0.1, 0.15) is 30.1 Å². The van der Waals surface area contributed by atoms with Gasteiger partial charge in [0.05, 0.1) is 24.2 Å². The van der Waals surface area contributed by atoms with E-state index in [0.717, 1.165) is 5.76 Å². The monoisotopic (exact) mass is 417 g/mol. The van der Waals surface area contributed by atoms with Gasteiger partial charge in [-0.25, -0.2) is 4.98 Å². The Hall–Kier alpha value is -3.40. The zero-order valence-corrected chi connectivity index (χ0v) is 16.9. The van der Waals surface area contributed by atoms with Gasteiger partial charge in [0.1, 0.15) is 17.1 Å². The Labute approximate surface area is 170 Å². The van der Waals surface area contributed by atoms with Gasteiger partial charge in [-0.15, -0.1) is 11.3 Å². The molecule has 1 aromatic carbocycles. The largest absolute Gasteiger partial charge is 0.490 e. The van der Waals surface area contributed by atoms with E-state index >= 15 is 0 Å². The Bertz CT molecular complexity index is 1040. The number of furan rings is 1. The molecule has 0 aliphatic rings. The Morgan fingerprint density at radius 2 is 1.93 bits per heavy atom. The van der Waals surface area contributed by atoms with Gasteiger partial charge in [-0.3, -0.25) is 14.9 Å². The van der Waals surface area contributed by atoms with Gasteiger partial charge in [0.25, 0.3) is 11.6 Å². The summed E-state index contributed by atoms with van der Waals surface area (Å²) in [6, 6.07) is 6.19. The maximum Gasteiger partial charge on any atom is 0.296 e. The predicted molar refractivity (Wildman–Crippen MR) is 108 cm³/mol. The number of nitrogens with one attached hydrogen (secondary N) is 1. The second kappa shape index (κ2) is 8.74. The van der Waals surface area contributed by atoms with Crippen molar-refractivity contribution in [2.45, 2.75) is 20.8 Å². The van der Waals surface area contributed by atoms with E-state index in [1.807, 2.05) is 6.92 Å². The lowest BCUT2D eigenvalue weighted by atomic mass is 10.2. The van der Waals surface area contributed by atoms with Crippen LogP contribution in [0.25, 0.3) is 10.8 Å². The number of anilines is 1. The van der Waals surface area contributed by atoms with Gasteiger partial charge in [-0.05, 0) is 32.9 Å². The molecule has 0 radical (unpaired) electrons. The van der Waals surface area contributed by atoms with Crippen LogP contribution < -0.4 is 14.8 Å². The minimum absolute atomic E-state index is 0.00436. The van der Waals surface area contributed by atoms with Crippen LogP contribution in [0.4, 0.5) is 11.4 Å². The number of hydrogen-bond donors (Lipinski definition) is 1. The maximum absolute atomic E-state index is 12.6. The summed E-state index contributed by atoms with van der Waals surface area (Å²) in [5.41, 5.74) is -0.183. The SMILES string of the molecule is CCOc1cc(NC(=O)c2csc(-c3ccc(C)o3)n2)c([N+](=O)[O-])cc1OCC. The number of aryl methyl sites for hydroxylation is 1. The number of thiazole rings is 1. The number of hydrogen-bond acceptors (Lipinski definition) is 8. The number of nitro benzene ring substituents is 1. The average molecular weight is 417 g/mol. The standard InChI is InChI=1S/C19H19N3O6S/c1-4-26-16-8-12(14(22(24)25)9-17(16)27-5-2)20-18(23)13-10-29-19(21-13)15-7-6-11(3)28-15/h6-10H,4-5H2,1-3H3,(H,20,23). The van der Waals surface area contributed by atoms with E-state index in [1.54, 1.807) is 31.4 Å². The number of rotatable bonds is 8. The first-order valence-electron chi connectivity index (χ1n) is 8.84. The lowest BCUT2D eigenvalue weighted by molar-refractivity contribution is -0.384. The average Bonchev–Trinajstić information content (AvgIpc) is 3.32. The molecule has 0 fully saturated rings. The Balaban J connectivity index is 1.90. The predicted octanol–water partition coefficient (Wildman–Crippen LogP) is 4.67. The summed E-state index contributed by atoms with van der Waals surface area (Å²) in [6.45, 7) is 6.01. The summed E-state index contributed by atoms with van der Waals surface area (Å²) < 4.78 is 16.4. The third kappa shape index (κ3) is 4.54. The molecule has 1 N–H and O–H groups in total. The number of nitrogens with zero attached hydrogens (tertiary/aromatic N) is 2. The molecule has 152 valence electrons. The summed E-state index contributed by atoms with van der Waals surface area (Å²) >= 11 is 1.24. The van der Waals surface area contributed by atoms with E-state index < -0.39 is 10.8 Å². The fourth-order valence-electron chi connectivity index (χ4n) is 2.56. The molecule has 0 spiro atoms. The molecule has 0 aliphatic heterocycles. The minimum atomic E-state index is -0.591.